The average molecular weight is 181 g/mol. The number of rotatable bonds is 3. The monoisotopic (exact) mass is 180 g/mol. The molecule has 0 rings (SSSR count). The van der Waals surface area contributed by atoms with Crippen LogP contribution < -0.4 is 0 Å². The van der Waals surface area contributed by atoms with E-state index in [4.69, 9.17) is 28.3 Å². The number of aliphatic hydroxyl groups excluding tert-OH is 1. The maximum Gasteiger partial charge on any atom is 0.0693 e. The molecule has 10 heavy (non-hydrogen) atoms. The summed E-state index contributed by atoms with van der Waals surface area (Å²) in [6.45, 7) is 1.75. The third kappa shape index (κ3) is 3.25. The number of alkyl halides is 1. The molecular weight excluding hydrogens is 171 g/mol. The molecule has 3 heteroatoms. The van der Waals surface area contributed by atoms with Crippen molar-refractivity contribution in [3.05, 3.63) is 22.8 Å². The molecule has 0 aliphatic rings. The number of aliphatic hydroxyl groups is 1. The van der Waals surface area contributed by atoms with Gasteiger partial charge in [-0.15, -0.1) is 11.6 Å². The lowest BCUT2D eigenvalue weighted by molar-refractivity contribution is 0.334. The summed E-state index contributed by atoms with van der Waals surface area (Å²) in [7, 11) is 0. The van der Waals surface area contributed by atoms with Crippen LogP contribution in [0.4, 0.5) is 0 Å². The predicted molar refractivity (Wildman–Crippen MR) is 45.5 cm³/mol. The van der Waals surface area contributed by atoms with E-state index in [9.17, 15) is 0 Å². The fourth-order valence-electron chi connectivity index (χ4n) is 0.516. The van der Waals surface area contributed by atoms with Gasteiger partial charge in [-0.3, -0.25) is 0 Å². The molecule has 0 atom stereocenters. The van der Waals surface area contributed by atoms with Gasteiger partial charge in [0.05, 0.1) is 6.61 Å². The summed E-state index contributed by atoms with van der Waals surface area (Å²) in [5.41, 5.74) is 0.680. The van der Waals surface area contributed by atoms with Crippen molar-refractivity contribution in [3.8, 4) is 0 Å². The highest BCUT2D eigenvalue weighted by Gasteiger charge is 1.96. The highest BCUT2D eigenvalue weighted by Crippen LogP contribution is 2.13. The van der Waals surface area contributed by atoms with Crippen LogP contribution >= 0.6 is 23.2 Å². The first kappa shape index (κ1) is 10.0. The summed E-state index contributed by atoms with van der Waals surface area (Å²) in [6, 6.07) is 0. The van der Waals surface area contributed by atoms with Crippen molar-refractivity contribution in [1.29, 1.82) is 0 Å². The zero-order chi connectivity index (χ0) is 7.98. The zero-order valence-electron chi connectivity index (χ0n) is 5.77. The van der Waals surface area contributed by atoms with Gasteiger partial charge >= 0.3 is 0 Å². The van der Waals surface area contributed by atoms with E-state index in [0.717, 1.165) is 0 Å². The van der Waals surface area contributed by atoms with Crippen LogP contribution in [0.5, 0.6) is 0 Å². The molecule has 0 aliphatic carbocycles. The van der Waals surface area contributed by atoms with Gasteiger partial charge in [-0.05, 0) is 12.5 Å². The Bertz CT molecular complexity index is 150. The summed E-state index contributed by atoms with van der Waals surface area (Å²) in [5.74, 6) is 0.375. The Labute approximate surface area is 71.0 Å². The van der Waals surface area contributed by atoms with Gasteiger partial charge in [-0.25, -0.2) is 0 Å². The van der Waals surface area contributed by atoms with Gasteiger partial charge in [0.1, 0.15) is 0 Å². The van der Waals surface area contributed by atoms with Crippen LogP contribution in [0.25, 0.3) is 0 Å². The summed E-state index contributed by atoms with van der Waals surface area (Å²) in [6.07, 6.45) is 3.40. The molecule has 0 aliphatic heterocycles. The Morgan fingerprint density at radius 2 is 2.20 bits per heavy atom. The fourth-order valence-corrected chi connectivity index (χ4v) is 0.839. The first-order valence-electron chi connectivity index (χ1n) is 2.94. The second-order valence-electron chi connectivity index (χ2n) is 1.68. The van der Waals surface area contributed by atoms with Gasteiger partial charge in [0.25, 0.3) is 0 Å². The quantitative estimate of drug-likeness (QED) is 0.523. The molecule has 0 unspecified atom stereocenters. The van der Waals surface area contributed by atoms with E-state index in [2.05, 4.69) is 0 Å². The topological polar surface area (TPSA) is 20.2 Å². The normalized spacial score (nSPS) is 14.0. The first-order chi connectivity index (χ1) is 4.76. The minimum Gasteiger partial charge on any atom is -0.392 e. The number of halogens is 2. The third-order valence-electron chi connectivity index (χ3n) is 1.05. The Kier molecular flexibility index (Phi) is 5.79. The van der Waals surface area contributed by atoms with Crippen molar-refractivity contribution < 1.29 is 5.11 Å². The van der Waals surface area contributed by atoms with Crippen molar-refractivity contribution in [2.45, 2.75) is 6.92 Å². The second kappa shape index (κ2) is 5.78. The number of allylic oxidation sites excluding steroid dienone is 2. The SMILES string of the molecule is CC=C(Cl)C(=CCCl)CO. The molecule has 0 amide bonds. The minimum atomic E-state index is -0.0596. The van der Waals surface area contributed by atoms with Gasteiger partial charge < -0.3 is 5.11 Å². The van der Waals surface area contributed by atoms with Gasteiger partial charge in [0, 0.05) is 10.9 Å². The lowest BCUT2D eigenvalue weighted by Gasteiger charge is -1.98. The molecule has 0 radical (unpaired) electrons. The second-order valence-corrected chi connectivity index (χ2v) is 2.39. The molecule has 58 valence electrons. The Hall–Kier alpha value is 0.0200. The van der Waals surface area contributed by atoms with E-state index in [1.165, 1.54) is 0 Å². The standard InChI is InChI=1S/C7H10Cl2O/c1-2-7(9)6(5-10)3-4-8/h2-3,10H,4-5H2,1H3. The lowest BCUT2D eigenvalue weighted by Crippen LogP contribution is -1.90. The van der Waals surface area contributed by atoms with E-state index < -0.39 is 0 Å². The fraction of sp³-hybridized carbons (Fsp3) is 0.429. The van der Waals surface area contributed by atoms with Crippen LogP contribution in [0.3, 0.4) is 0 Å². The van der Waals surface area contributed by atoms with E-state index in [-0.39, 0.29) is 6.61 Å². The number of hydrogen-bond donors (Lipinski definition) is 1. The largest absolute Gasteiger partial charge is 0.392 e. The molecule has 0 fully saturated rings. The van der Waals surface area contributed by atoms with Crippen molar-refractivity contribution in [3.63, 3.8) is 0 Å². The first-order valence-corrected chi connectivity index (χ1v) is 3.85. The maximum absolute atomic E-state index is 8.71. The highest BCUT2D eigenvalue weighted by atomic mass is 35.5. The Morgan fingerprint density at radius 1 is 1.60 bits per heavy atom. The molecule has 1 nitrogen and oxygen atoms in total. The van der Waals surface area contributed by atoms with E-state index in [1.54, 1.807) is 19.1 Å². The summed E-state index contributed by atoms with van der Waals surface area (Å²) in [5, 5.41) is 9.26. The van der Waals surface area contributed by atoms with Crippen molar-refractivity contribution >= 4 is 23.2 Å². The van der Waals surface area contributed by atoms with Crippen LogP contribution in [0.2, 0.25) is 0 Å². The molecule has 0 heterocycles. The molecular formula is C7H10Cl2O. The molecule has 1 N–H and O–H groups in total. The van der Waals surface area contributed by atoms with Crippen molar-refractivity contribution in [2.75, 3.05) is 12.5 Å². The smallest absolute Gasteiger partial charge is 0.0693 e. The van der Waals surface area contributed by atoms with Crippen LogP contribution in [0.15, 0.2) is 22.8 Å². The van der Waals surface area contributed by atoms with E-state index >= 15 is 0 Å². The molecule has 0 aromatic rings. The zero-order valence-corrected chi connectivity index (χ0v) is 7.28. The van der Waals surface area contributed by atoms with Crippen LogP contribution in [-0.2, 0) is 0 Å². The summed E-state index contributed by atoms with van der Waals surface area (Å²) < 4.78 is 0. The van der Waals surface area contributed by atoms with Crippen molar-refractivity contribution in [1.82, 2.24) is 0 Å². The maximum atomic E-state index is 8.71. The van der Waals surface area contributed by atoms with E-state index in [0.29, 0.717) is 16.5 Å². The van der Waals surface area contributed by atoms with Crippen molar-refractivity contribution in [2.24, 2.45) is 0 Å². The van der Waals surface area contributed by atoms with Gasteiger partial charge in [-0.1, -0.05) is 23.8 Å². The number of hydrogen-bond acceptors (Lipinski definition) is 1. The van der Waals surface area contributed by atoms with Gasteiger partial charge in [0.15, 0.2) is 0 Å². The predicted octanol–water partition coefficient (Wildman–Crippen LogP) is 2.29. The lowest BCUT2D eigenvalue weighted by atomic mass is 10.2. The minimum absolute atomic E-state index is 0.0596. The molecule has 0 bridgehead atoms. The molecule has 0 aromatic carbocycles. The average Bonchev–Trinajstić information content (AvgIpc) is 1.99. The van der Waals surface area contributed by atoms with Crippen LogP contribution in [-0.4, -0.2) is 17.6 Å². The van der Waals surface area contributed by atoms with Crippen LogP contribution in [0.1, 0.15) is 6.92 Å². The van der Waals surface area contributed by atoms with E-state index in [1.807, 2.05) is 0 Å². The molecule has 0 aromatic heterocycles. The van der Waals surface area contributed by atoms with Crippen LogP contribution in [0, 0.1) is 0 Å². The summed E-state index contributed by atoms with van der Waals surface area (Å²) >= 11 is 11.1. The highest BCUT2D eigenvalue weighted by molar-refractivity contribution is 6.32. The summed E-state index contributed by atoms with van der Waals surface area (Å²) in [4.78, 5) is 0. The molecule has 0 saturated heterocycles. The van der Waals surface area contributed by atoms with Gasteiger partial charge in [0.2, 0.25) is 0 Å². The Balaban J connectivity index is 4.21. The van der Waals surface area contributed by atoms with Gasteiger partial charge in [-0.2, -0.15) is 0 Å². The Morgan fingerprint density at radius 3 is 2.50 bits per heavy atom. The molecule has 0 spiro atoms. The third-order valence-corrected chi connectivity index (χ3v) is 1.67. The molecule has 0 saturated carbocycles.